The van der Waals surface area contributed by atoms with Gasteiger partial charge in [0.1, 0.15) is 11.8 Å². The third-order valence-corrected chi connectivity index (χ3v) is 1.49. The average Bonchev–Trinajstić information content (AvgIpc) is 2.04. The van der Waals surface area contributed by atoms with Gasteiger partial charge in [0.15, 0.2) is 11.5 Å². The van der Waals surface area contributed by atoms with Crippen LogP contribution in [-0.4, -0.2) is 19.9 Å². The number of hydrogen-bond donors (Lipinski definition) is 1. The molecule has 2 aromatic rings. The van der Waals surface area contributed by atoms with E-state index in [1.54, 1.807) is 6.20 Å². The predicted octanol–water partition coefficient (Wildman–Crippen LogP) is 0.310. The van der Waals surface area contributed by atoms with Crippen molar-refractivity contribution in [3.8, 4) is 0 Å². The van der Waals surface area contributed by atoms with Crippen molar-refractivity contribution in [2.24, 2.45) is 0 Å². The number of nitrogens with two attached hydrogens (primary N) is 1. The standard InChI is InChI=1S/C7H7N5/c1-4-2-9-5-6(8)10-3-11-7(5)12-4/h2-3H,1H3,(H2,8,10,11,12). The first-order valence-corrected chi connectivity index (χ1v) is 3.47. The molecule has 0 amide bonds. The first-order chi connectivity index (χ1) is 5.77. The zero-order valence-corrected chi connectivity index (χ0v) is 6.52. The summed E-state index contributed by atoms with van der Waals surface area (Å²) < 4.78 is 0. The molecule has 5 heteroatoms. The average molecular weight is 161 g/mol. The first kappa shape index (κ1) is 6.90. The Hall–Kier alpha value is -1.78. The molecular weight excluding hydrogens is 154 g/mol. The molecule has 0 saturated carbocycles. The minimum Gasteiger partial charge on any atom is -0.382 e. The Balaban J connectivity index is 2.86. The minimum absolute atomic E-state index is 0.368. The van der Waals surface area contributed by atoms with Crippen LogP contribution in [0, 0.1) is 6.92 Å². The van der Waals surface area contributed by atoms with Crippen LogP contribution in [0.15, 0.2) is 12.5 Å². The van der Waals surface area contributed by atoms with Gasteiger partial charge in [-0.05, 0) is 6.92 Å². The van der Waals surface area contributed by atoms with Gasteiger partial charge < -0.3 is 5.73 Å². The molecule has 0 spiro atoms. The summed E-state index contributed by atoms with van der Waals surface area (Å²) in [6, 6.07) is 0. The summed E-state index contributed by atoms with van der Waals surface area (Å²) >= 11 is 0. The smallest absolute Gasteiger partial charge is 0.183 e. The molecule has 60 valence electrons. The van der Waals surface area contributed by atoms with Crippen LogP contribution in [0.2, 0.25) is 0 Å². The maximum absolute atomic E-state index is 5.55. The Morgan fingerprint density at radius 2 is 2.08 bits per heavy atom. The van der Waals surface area contributed by atoms with E-state index in [1.165, 1.54) is 6.33 Å². The summed E-state index contributed by atoms with van der Waals surface area (Å²) in [6.07, 6.45) is 3.02. The zero-order chi connectivity index (χ0) is 8.55. The SMILES string of the molecule is Cc1cnc2c(N)ncnc2n1. The van der Waals surface area contributed by atoms with Crippen LogP contribution in [0.25, 0.3) is 11.2 Å². The minimum atomic E-state index is 0.368. The van der Waals surface area contributed by atoms with Gasteiger partial charge in [0.2, 0.25) is 0 Å². The Morgan fingerprint density at radius 3 is 2.92 bits per heavy atom. The molecule has 0 saturated heterocycles. The fraction of sp³-hybridized carbons (Fsp3) is 0.143. The quantitative estimate of drug-likeness (QED) is 0.601. The summed E-state index contributed by atoms with van der Waals surface area (Å²) in [4.78, 5) is 15.9. The van der Waals surface area contributed by atoms with Crippen LogP contribution in [0.4, 0.5) is 5.82 Å². The van der Waals surface area contributed by atoms with Crippen molar-refractivity contribution in [1.29, 1.82) is 0 Å². The predicted molar refractivity (Wildman–Crippen MR) is 44.3 cm³/mol. The second kappa shape index (κ2) is 2.37. The van der Waals surface area contributed by atoms with Crippen LogP contribution in [-0.2, 0) is 0 Å². The molecule has 5 nitrogen and oxygen atoms in total. The molecular formula is C7H7N5. The lowest BCUT2D eigenvalue weighted by Gasteiger charge is -1.97. The molecule has 0 atom stereocenters. The van der Waals surface area contributed by atoms with Crippen molar-refractivity contribution in [3.05, 3.63) is 18.2 Å². The molecule has 0 aromatic carbocycles. The second-order valence-electron chi connectivity index (χ2n) is 2.44. The highest BCUT2D eigenvalue weighted by Gasteiger charge is 2.01. The first-order valence-electron chi connectivity index (χ1n) is 3.47. The molecule has 0 fully saturated rings. The van der Waals surface area contributed by atoms with E-state index in [4.69, 9.17) is 5.73 Å². The largest absolute Gasteiger partial charge is 0.382 e. The van der Waals surface area contributed by atoms with Gasteiger partial charge in [0.25, 0.3) is 0 Å². The van der Waals surface area contributed by atoms with Crippen molar-refractivity contribution in [3.63, 3.8) is 0 Å². The lowest BCUT2D eigenvalue weighted by molar-refractivity contribution is 1.11. The van der Waals surface area contributed by atoms with E-state index >= 15 is 0 Å². The Morgan fingerprint density at radius 1 is 1.25 bits per heavy atom. The van der Waals surface area contributed by atoms with Crippen molar-refractivity contribution < 1.29 is 0 Å². The van der Waals surface area contributed by atoms with Crippen molar-refractivity contribution in [2.75, 3.05) is 5.73 Å². The van der Waals surface area contributed by atoms with Crippen LogP contribution in [0.5, 0.6) is 0 Å². The van der Waals surface area contributed by atoms with Crippen molar-refractivity contribution >= 4 is 17.0 Å². The fourth-order valence-corrected chi connectivity index (χ4v) is 0.942. The van der Waals surface area contributed by atoms with Crippen LogP contribution in [0.1, 0.15) is 5.69 Å². The molecule has 0 aliphatic carbocycles. The number of nitrogen functional groups attached to an aromatic ring is 1. The number of anilines is 1. The highest BCUT2D eigenvalue weighted by atomic mass is 15.0. The lowest BCUT2D eigenvalue weighted by atomic mass is 10.4. The number of rotatable bonds is 0. The second-order valence-corrected chi connectivity index (χ2v) is 2.44. The van der Waals surface area contributed by atoms with Gasteiger partial charge in [0.05, 0.1) is 5.69 Å². The molecule has 2 aromatic heterocycles. The van der Waals surface area contributed by atoms with E-state index in [-0.39, 0.29) is 0 Å². The highest BCUT2D eigenvalue weighted by Crippen LogP contribution is 2.10. The maximum atomic E-state index is 5.55. The molecule has 0 aliphatic heterocycles. The topological polar surface area (TPSA) is 77.6 Å². The molecule has 12 heavy (non-hydrogen) atoms. The van der Waals surface area contributed by atoms with Gasteiger partial charge in [-0.3, -0.25) is 0 Å². The Kier molecular flexibility index (Phi) is 1.36. The fourth-order valence-electron chi connectivity index (χ4n) is 0.942. The molecule has 2 rings (SSSR count). The monoisotopic (exact) mass is 161 g/mol. The van der Waals surface area contributed by atoms with E-state index in [9.17, 15) is 0 Å². The van der Waals surface area contributed by atoms with E-state index in [0.29, 0.717) is 17.0 Å². The molecule has 0 aliphatic rings. The normalized spacial score (nSPS) is 10.4. The number of nitrogens with zero attached hydrogens (tertiary/aromatic N) is 4. The molecule has 2 heterocycles. The van der Waals surface area contributed by atoms with Gasteiger partial charge in [-0.2, -0.15) is 0 Å². The van der Waals surface area contributed by atoms with E-state index in [2.05, 4.69) is 19.9 Å². The van der Waals surface area contributed by atoms with E-state index in [0.717, 1.165) is 5.69 Å². The lowest BCUT2D eigenvalue weighted by Crippen LogP contribution is -1.97. The van der Waals surface area contributed by atoms with E-state index < -0.39 is 0 Å². The van der Waals surface area contributed by atoms with E-state index in [1.807, 2.05) is 6.92 Å². The molecule has 0 unspecified atom stereocenters. The van der Waals surface area contributed by atoms with Crippen LogP contribution < -0.4 is 5.73 Å². The molecule has 0 bridgehead atoms. The summed E-state index contributed by atoms with van der Waals surface area (Å²) in [6.45, 7) is 1.85. The highest BCUT2D eigenvalue weighted by molar-refractivity contribution is 5.79. The zero-order valence-electron chi connectivity index (χ0n) is 6.52. The maximum Gasteiger partial charge on any atom is 0.183 e. The number of aryl methyl sites for hydroxylation is 1. The Bertz CT molecular complexity index is 425. The Labute approximate surface area is 68.7 Å². The number of hydrogen-bond acceptors (Lipinski definition) is 5. The van der Waals surface area contributed by atoms with Crippen molar-refractivity contribution in [2.45, 2.75) is 6.92 Å². The molecule has 2 N–H and O–H groups in total. The summed E-state index contributed by atoms with van der Waals surface area (Å²) in [5, 5.41) is 0. The van der Waals surface area contributed by atoms with Crippen molar-refractivity contribution in [1.82, 2.24) is 19.9 Å². The van der Waals surface area contributed by atoms with Gasteiger partial charge in [-0.1, -0.05) is 0 Å². The number of fused-ring (bicyclic) bond motifs is 1. The van der Waals surface area contributed by atoms with Gasteiger partial charge in [0, 0.05) is 6.20 Å². The number of aromatic nitrogens is 4. The summed E-state index contributed by atoms with van der Waals surface area (Å²) in [5.41, 5.74) is 7.48. The summed E-state index contributed by atoms with van der Waals surface area (Å²) in [5.74, 6) is 0.368. The van der Waals surface area contributed by atoms with Gasteiger partial charge >= 0.3 is 0 Å². The van der Waals surface area contributed by atoms with Crippen LogP contribution >= 0.6 is 0 Å². The van der Waals surface area contributed by atoms with Crippen LogP contribution in [0.3, 0.4) is 0 Å². The third-order valence-electron chi connectivity index (χ3n) is 1.49. The van der Waals surface area contributed by atoms with Gasteiger partial charge in [-0.25, -0.2) is 19.9 Å². The third kappa shape index (κ3) is 0.952. The molecule has 0 radical (unpaired) electrons. The summed E-state index contributed by atoms with van der Waals surface area (Å²) in [7, 11) is 0. The van der Waals surface area contributed by atoms with Gasteiger partial charge in [-0.15, -0.1) is 0 Å².